The summed E-state index contributed by atoms with van der Waals surface area (Å²) < 4.78 is 42.7. The molecule has 4 N–H and O–H groups in total. The van der Waals surface area contributed by atoms with Crippen molar-refractivity contribution in [2.45, 2.75) is 11.6 Å². The van der Waals surface area contributed by atoms with Crippen LogP contribution in [0.1, 0.15) is 5.82 Å². The third kappa shape index (κ3) is 3.84. The summed E-state index contributed by atoms with van der Waals surface area (Å²) in [7, 11) is 0. The van der Waals surface area contributed by atoms with Crippen molar-refractivity contribution in [3.63, 3.8) is 0 Å². The molecule has 9 nitrogen and oxygen atoms in total. The van der Waals surface area contributed by atoms with Crippen LogP contribution in [0.3, 0.4) is 0 Å². The number of alkyl halides is 3. The number of amides is 2. The molecular weight excluding hydrogens is 383 g/mol. The smallest absolute Gasteiger partial charge is 0.353 e. The van der Waals surface area contributed by atoms with Crippen molar-refractivity contribution in [3.05, 3.63) is 42.7 Å². The molecule has 2 rings (SSSR count). The Morgan fingerprint density at radius 2 is 1.89 bits per heavy atom. The number of aromatic amines is 1. The number of nitrogens with zero attached hydrogens (tertiary/aromatic N) is 2. The van der Waals surface area contributed by atoms with E-state index in [1.54, 1.807) is 0 Å². The molecule has 0 unspecified atom stereocenters. The van der Waals surface area contributed by atoms with Crippen LogP contribution < -0.4 is 10.6 Å². The van der Waals surface area contributed by atoms with Crippen molar-refractivity contribution in [2.24, 2.45) is 0 Å². The van der Waals surface area contributed by atoms with Gasteiger partial charge in [0.15, 0.2) is 11.6 Å². The Kier molecular flexibility index (Phi) is 5.81. The zero-order valence-electron chi connectivity index (χ0n) is 14.1. The van der Waals surface area contributed by atoms with Gasteiger partial charge in [0.1, 0.15) is 0 Å². The number of aromatic nitrogens is 3. The summed E-state index contributed by atoms with van der Waals surface area (Å²) in [6.07, 6.45) is 0.344. The molecule has 2 aromatic rings. The normalized spacial score (nSPS) is 13.2. The van der Waals surface area contributed by atoms with E-state index in [1.165, 1.54) is 24.3 Å². The maximum absolute atomic E-state index is 14.3. The standard InChI is InChI=1S/C16H14F3N5O4/c1-2-15(17,14(27)28)16(18,19)13-22-12(23-24-13)9-3-5-10(6-4-9)21-11(26)7-20-8-25/h2-6,8H,1,7H2,(H,20,25)(H,21,26)(H,27,28)(H,22,23,24)/t15-/m0/s1. The van der Waals surface area contributed by atoms with Crippen LogP contribution in [0.25, 0.3) is 11.4 Å². The molecule has 12 heteroatoms. The summed E-state index contributed by atoms with van der Waals surface area (Å²) in [5, 5.41) is 18.8. The van der Waals surface area contributed by atoms with Gasteiger partial charge in [0, 0.05) is 11.3 Å². The maximum atomic E-state index is 14.3. The van der Waals surface area contributed by atoms with Crippen LogP contribution in [0.5, 0.6) is 0 Å². The molecule has 0 aliphatic carbocycles. The third-order valence-electron chi connectivity index (χ3n) is 3.61. The molecule has 1 atom stereocenters. The van der Waals surface area contributed by atoms with Crippen LogP contribution in [0, 0.1) is 0 Å². The number of carbonyl (C=O) groups excluding carboxylic acids is 2. The molecule has 1 heterocycles. The van der Waals surface area contributed by atoms with E-state index in [0.29, 0.717) is 12.1 Å². The molecule has 1 aromatic carbocycles. The van der Waals surface area contributed by atoms with Gasteiger partial charge in [-0.1, -0.05) is 6.58 Å². The predicted octanol–water partition coefficient (Wildman–Crippen LogP) is 1.23. The van der Waals surface area contributed by atoms with Crippen molar-refractivity contribution in [1.82, 2.24) is 20.5 Å². The van der Waals surface area contributed by atoms with Gasteiger partial charge in [0.2, 0.25) is 12.3 Å². The molecule has 0 saturated carbocycles. The van der Waals surface area contributed by atoms with Gasteiger partial charge in [-0.3, -0.25) is 14.7 Å². The zero-order valence-corrected chi connectivity index (χ0v) is 14.1. The average molecular weight is 397 g/mol. The van der Waals surface area contributed by atoms with E-state index in [1.807, 2.05) is 5.10 Å². The van der Waals surface area contributed by atoms with E-state index in [-0.39, 0.29) is 24.0 Å². The molecule has 28 heavy (non-hydrogen) atoms. The lowest BCUT2D eigenvalue weighted by molar-refractivity contribution is -0.178. The Balaban J connectivity index is 2.22. The second kappa shape index (κ2) is 7.90. The first kappa shape index (κ1) is 20.6. The molecule has 2 amide bonds. The fourth-order valence-electron chi connectivity index (χ4n) is 2.10. The second-order valence-corrected chi connectivity index (χ2v) is 5.43. The Labute approximate surface area is 155 Å². The fourth-order valence-corrected chi connectivity index (χ4v) is 2.10. The molecule has 0 aliphatic heterocycles. The first-order valence-corrected chi connectivity index (χ1v) is 7.59. The molecule has 0 saturated heterocycles. The third-order valence-corrected chi connectivity index (χ3v) is 3.61. The summed E-state index contributed by atoms with van der Waals surface area (Å²) in [4.78, 5) is 36.0. The van der Waals surface area contributed by atoms with Gasteiger partial charge in [-0.2, -0.15) is 13.9 Å². The molecule has 0 spiro atoms. The summed E-state index contributed by atoms with van der Waals surface area (Å²) in [5.41, 5.74) is -3.49. The highest BCUT2D eigenvalue weighted by atomic mass is 19.3. The highest BCUT2D eigenvalue weighted by molar-refractivity contribution is 5.93. The van der Waals surface area contributed by atoms with E-state index < -0.39 is 29.3 Å². The van der Waals surface area contributed by atoms with Crippen molar-refractivity contribution >= 4 is 24.0 Å². The van der Waals surface area contributed by atoms with E-state index >= 15 is 0 Å². The lowest BCUT2D eigenvalue weighted by Gasteiger charge is -2.24. The van der Waals surface area contributed by atoms with E-state index in [4.69, 9.17) is 5.11 Å². The van der Waals surface area contributed by atoms with Crippen LogP contribution in [0.15, 0.2) is 36.9 Å². The minimum Gasteiger partial charge on any atom is -0.478 e. The summed E-state index contributed by atoms with van der Waals surface area (Å²) in [6, 6.07) is 5.62. The zero-order chi connectivity index (χ0) is 20.9. The molecule has 0 fully saturated rings. The van der Waals surface area contributed by atoms with E-state index in [9.17, 15) is 27.6 Å². The number of H-pyrrole nitrogens is 1. The Bertz CT molecular complexity index is 900. The number of rotatable bonds is 9. The Morgan fingerprint density at radius 3 is 2.43 bits per heavy atom. The number of hydrogen-bond donors (Lipinski definition) is 4. The lowest BCUT2D eigenvalue weighted by Crippen LogP contribution is -2.47. The van der Waals surface area contributed by atoms with Gasteiger partial charge < -0.3 is 15.7 Å². The van der Waals surface area contributed by atoms with Gasteiger partial charge in [-0.15, -0.1) is 0 Å². The molecule has 0 aliphatic rings. The van der Waals surface area contributed by atoms with Gasteiger partial charge in [0.05, 0.1) is 6.54 Å². The number of carboxylic acid groups (broad SMARTS) is 1. The van der Waals surface area contributed by atoms with Crippen LogP contribution in [-0.2, 0) is 20.3 Å². The molecule has 0 bridgehead atoms. The number of anilines is 1. The van der Waals surface area contributed by atoms with Crippen molar-refractivity contribution in [2.75, 3.05) is 11.9 Å². The number of aliphatic carboxylic acids is 1. The molecule has 0 radical (unpaired) electrons. The highest BCUT2D eigenvalue weighted by Crippen LogP contribution is 2.41. The number of nitrogens with one attached hydrogen (secondary N) is 3. The number of benzene rings is 1. The van der Waals surface area contributed by atoms with Crippen molar-refractivity contribution in [1.29, 1.82) is 0 Å². The topological polar surface area (TPSA) is 137 Å². The first-order valence-electron chi connectivity index (χ1n) is 7.59. The number of hydrogen-bond acceptors (Lipinski definition) is 5. The van der Waals surface area contributed by atoms with Crippen molar-refractivity contribution in [3.8, 4) is 11.4 Å². The Morgan fingerprint density at radius 1 is 1.25 bits per heavy atom. The fraction of sp³-hybridized carbons (Fsp3) is 0.188. The van der Waals surface area contributed by atoms with Gasteiger partial charge in [0.25, 0.3) is 5.67 Å². The second-order valence-electron chi connectivity index (χ2n) is 5.43. The number of carboxylic acids is 1. The van der Waals surface area contributed by atoms with Gasteiger partial charge >= 0.3 is 11.9 Å². The summed E-state index contributed by atoms with van der Waals surface area (Å²) in [5.74, 6) is -8.99. The van der Waals surface area contributed by atoms with Crippen LogP contribution in [-0.4, -0.2) is 50.8 Å². The van der Waals surface area contributed by atoms with Crippen LogP contribution in [0.4, 0.5) is 18.9 Å². The predicted molar refractivity (Wildman–Crippen MR) is 90.1 cm³/mol. The molecule has 148 valence electrons. The summed E-state index contributed by atoms with van der Waals surface area (Å²) in [6.45, 7) is 2.57. The average Bonchev–Trinajstić information content (AvgIpc) is 3.17. The first-order chi connectivity index (χ1) is 13.2. The van der Waals surface area contributed by atoms with Crippen molar-refractivity contribution < 1.29 is 32.7 Å². The minimum absolute atomic E-state index is 0.0194. The van der Waals surface area contributed by atoms with Crippen LogP contribution in [0.2, 0.25) is 0 Å². The van der Waals surface area contributed by atoms with E-state index in [0.717, 1.165) is 0 Å². The van der Waals surface area contributed by atoms with E-state index in [2.05, 4.69) is 27.3 Å². The highest BCUT2D eigenvalue weighted by Gasteiger charge is 2.62. The lowest BCUT2D eigenvalue weighted by atomic mass is 9.97. The molecule has 1 aromatic heterocycles. The minimum atomic E-state index is -4.55. The largest absolute Gasteiger partial charge is 0.478 e. The Hall–Kier alpha value is -3.70. The number of carbonyl (C=O) groups is 3. The number of halogens is 3. The monoisotopic (exact) mass is 397 g/mol. The SMILES string of the molecule is C=C[C@](F)(C(=O)O)C(F)(F)c1nc(-c2ccc(NC(=O)CNC=O)cc2)n[nH]1. The van der Waals surface area contributed by atoms with Crippen LogP contribution >= 0.6 is 0 Å². The van der Waals surface area contributed by atoms with Gasteiger partial charge in [-0.05, 0) is 30.3 Å². The maximum Gasteiger partial charge on any atom is 0.353 e. The summed E-state index contributed by atoms with van der Waals surface area (Å²) >= 11 is 0. The van der Waals surface area contributed by atoms with Gasteiger partial charge in [-0.25, -0.2) is 14.2 Å². The molecular formula is C16H14F3N5O4. The quantitative estimate of drug-likeness (QED) is 0.371.